The second kappa shape index (κ2) is 6.82. The van der Waals surface area contributed by atoms with Crippen molar-refractivity contribution in [3.8, 4) is 11.5 Å². The first-order chi connectivity index (χ1) is 9.75. The summed E-state index contributed by atoms with van der Waals surface area (Å²) in [5, 5.41) is 10.4. The molecule has 9 heteroatoms. The lowest BCUT2D eigenvalue weighted by Gasteiger charge is -2.12. The number of hydrogen-bond acceptors (Lipinski definition) is 4. The van der Waals surface area contributed by atoms with Crippen LogP contribution in [0.25, 0.3) is 0 Å². The van der Waals surface area contributed by atoms with Gasteiger partial charge in [-0.15, -0.1) is 0 Å². The molecule has 0 aliphatic rings. The van der Waals surface area contributed by atoms with Crippen LogP contribution in [0.2, 0.25) is 0 Å². The van der Waals surface area contributed by atoms with Gasteiger partial charge in [0.25, 0.3) is 0 Å². The van der Waals surface area contributed by atoms with E-state index in [0.29, 0.717) is 0 Å². The van der Waals surface area contributed by atoms with Crippen LogP contribution in [-0.2, 0) is 4.79 Å². The summed E-state index contributed by atoms with van der Waals surface area (Å²) in [7, 11) is 1.29. The van der Waals surface area contributed by atoms with E-state index in [0.717, 1.165) is 0 Å². The van der Waals surface area contributed by atoms with Crippen molar-refractivity contribution < 1.29 is 37.3 Å². The fourth-order valence-corrected chi connectivity index (χ4v) is 1.35. The Morgan fingerprint density at radius 1 is 1.29 bits per heavy atom. The molecule has 0 spiro atoms. The third kappa shape index (κ3) is 4.86. The maximum atomic E-state index is 11.9. The van der Waals surface area contributed by atoms with E-state index in [1.807, 2.05) is 0 Å². The van der Waals surface area contributed by atoms with E-state index >= 15 is 0 Å². The second-order valence-electron chi connectivity index (χ2n) is 3.77. The molecule has 0 atom stereocenters. The van der Waals surface area contributed by atoms with Crippen LogP contribution >= 0.6 is 0 Å². The molecular formula is C12H12F3NO5. The van der Waals surface area contributed by atoms with Gasteiger partial charge < -0.3 is 19.9 Å². The van der Waals surface area contributed by atoms with E-state index in [9.17, 15) is 22.8 Å². The van der Waals surface area contributed by atoms with Gasteiger partial charge in [0.2, 0.25) is 0 Å². The van der Waals surface area contributed by atoms with Crippen molar-refractivity contribution >= 4 is 11.9 Å². The number of rotatable bonds is 6. The summed E-state index contributed by atoms with van der Waals surface area (Å²) in [6, 6.07) is 3.79. The van der Waals surface area contributed by atoms with Crippen molar-refractivity contribution in [2.75, 3.05) is 20.3 Å². The van der Waals surface area contributed by atoms with Crippen LogP contribution in [0.5, 0.6) is 11.5 Å². The number of hydrogen-bond donors (Lipinski definition) is 2. The summed E-state index contributed by atoms with van der Waals surface area (Å²) < 4.78 is 45.8. The van der Waals surface area contributed by atoms with Crippen LogP contribution in [0.1, 0.15) is 10.4 Å². The summed E-state index contributed by atoms with van der Waals surface area (Å²) in [5.74, 6) is -2.93. The molecular weight excluding hydrogens is 295 g/mol. The molecule has 2 N–H and O–H groups in total. The van der Waals surface area contributed by atoms with Gasteiger partial charge in [-0.25, -0.2) is 4.79 Å². The molecule has 0 saturated carbocycles. The molecule has 0 aliphatic carbocycles. The molecule has 6 nitrogen and oxygen atoms in total. The topological polar surface area (TPSA) is 84.9 Å². The number of carbonyl (C=O) groups is 2. The van der Waals surface area contributed by atoms with Crippen molar-refractivity contribution in [3.63, 3.8) is 0 Å². The van der Waals surface area contributed by atoms with Gasteiger partial charge in [0.15, 0.2) is 11.5 Å². The number of methoxy groups -OCH3 is 1. The third-order valence-electron chi connectivity index (χ3n) is 2.31. The average Bonchev–Trinajstić information content (AvgIpc) is 2.42. The highest BCUT2D eigenvalue weighted by Crippen LogP contribution is 2.27. The average molecular weight is 307 g/mol. The Kier molecular flexibility index (Phi) is 5.39. The normalized spacial score (nSPS) is 10.9. The zero-order valence-corrected chi connectivity index (χ0v) is 10.9. The maximum Gasteiger partial charge on any atom is 0.471 e. The molecule has 1 amide bonds. The first-order valence-corrected chi connectivity index (χ1v) is 5.65. The lowest BCUT2D eigenvalue weighted by Crippen LogP contribution is -2.38. The van der Waals surface area contributed by atoms with E-state index in [4.69, 9.17) is 14.6 Å². The molecule has 1 aromatic carbocycles. The van der Waals surface area contributed by atoms with Gasteiger partial charge in [0.1, 0.15) is 6.61 Å². The number of carboxylic acids is 1. The number of amides is 1. The van der Waals surface area contributed by atoms with Gasteiger partial charge in [-0.3, -0.25) is 4.79 Å². The molecule has 0 aliphatic heterocycles. The van der Waals surface area contributed by atoms with E-state index in [1.54, 1.807) is 5.32 Å². The summed E-state index contributed by atoms with van der Waals surface area (Å²) >= 11 is 0. The number of carbonyl (C=O) groups excluding carboxylic acids is 1. The van der Waals surface area contributed by atoms with Gasteiger partial charge in [-0.05, 0) is 18.2 Å². The third-order valence-corrected chi connectivity index (χ3v) is 2.31. The Morgan fingerprint density at radius 2 is 1.95 bits per heavy atom. The highest BCUT2D eigenvalue weighted by molar-refractivity contribution is 5.88. The van der Waals surface area contributed by atoms with Gasteiger partial charge in [0, 0.05) is 0 Å². The largest absolute Gasteiger partial charge is 0.493 e. The number of halogens is 3. The van der Waals surface area contributed by atoms with Crippen LogP contribution in [0.15, 0.2) is 18.2 Å². The Bertz CT molecular complexity index is 530. The minimum absolute atomic E-state index is 0.0235. The molecule has 0 bridgehead atoms. The predicted octanol–water partition coefficient (Wildman–Crippen LogP) is 1.45. The van der Waals surface area contributed by atoms with Gasteiger partial charge in [-0.2, -0.15) is 13.2 Å². The molecule has 1 aromatic rings. The molecule has 0 fully saturated rings. The second-order valence-corrected chi connectivity index (χ2v) is 3.77. The number of benzene rings is 1. The van der Waals surface area contributed by atoms with Gasteiger partial charge >= 0.3 is 18.1 Å². The number of alkyl halides is 3. The summed E-state index contributed by atoms with van der Waals surface area (Å²) in [4.78, 5) is 21.3. The van der Waals surface area contributed by atoms with Crippen LogP contribution in [-0.4, -0.2) is 43.4 Å². The maximum absolute atomic E-state index is 11.9. The fourth-order valence-electron chi connectivity index (χ4n) is 1.35. The minimum atomic E-state index is -4.94. The van der Waals surface area contributed by atoms with Gasteiger partial charge in [0.05, 0.1) is 19.2 Å². The van der Waals surface area contributed by atoms with Crippen molar-refractivity contribution in [2.24, 2.45) is 0 Å². The number of carboxylic acid groups (broad SMARTS) is 1. The Morgan fingerprint density at radius 3 is 2.48 bits per heavy atom. The van der Waals surface area contributed by atoms with Crippen LogP contribution in [0.3, 0.4) is 0 Å². The van der Waals surface area contributed by atoms with Gasteiger partial charge in [-0.1, -0.05) is 0 Å². The Hall–Kier alpha value is -2.45. The summed E-state index contributed by atoms with van der Waals surface area (Å²) in [5.41, 5.74) is -0.0235. The number of aromatic carboxylic acids is 1. The zero-order valence-electron chi connectivity index (χ0n) is 10.9. The zero-order chi connectivity index (χ0) is 16.0. The highest BCUT2D eigenvalue weighted by atomic mass is 19.4. The number of nitrogens with one attached hydrogen (secondary N) is 1. The van der Waals surface area contributed by atoms with E-state index in [1.165, 1.54) is 25.3 Å². The molecule has 0 heterocycles. The molecule has 1 rings (SSSR count). The lowest BCUT2D eigenvalue weighted by molar-refractivity contribution is -0.173. The Labute approximate surface area is 117 Å². The van der Waals surface area contributed by atoms with Crippen LogP contribution in [0, 0.1) is 0 Å². The standard InChI is InChI=1S/C12H12F3NO5/c1-20-9-6-7(10(17)18)2-3-8(9)21-5-4-16-11(19)12(13,14)15/h2-3,6H,4-5H2,1H3,(H,16,19)(H,17,18). The molecule has 116 valence electrons. The van der Waals surface area contributed by atoms with Crippen LogP contribution < -0.4 is 14.8 Å². The van der Waals surface area contributed by atoms with Crippen molar-refractivity contribution in [1.82, 2.24) is 5.32 Å². The number of ether oxygens (including phenoxy) is 2. The first kappa shape index (κ1) is 16.6. The SMILES string of the molecule is COc1cc(C(=O)O)ccc1OCCNC(=O)C(F)(F)F. The smallest absolute Gasteiger partial charge is 0.471 e. The van der Waals surface area contributed by atoms with Crippen molar-refractivity contribution in [3.05, 3.63) is 23.8 Å². The predicted molar refractivity (Wildman–Crippen MR) is 64.5 cm³/mol. The highest BCUT2D eigenvalue weighted by Gasteiger charge is 2.38. The molecule has 0 saturated heterocycles. The van der Waals surface area contributed by atoms with Crippen molar-refractivity contribution in [1.29, 1.82) is 0 Å². The minimum Gasteiger partial charge on any atom is -0.493 e. The lowest BCUT2D eigenvalue weighted by atomic mass is 10.2. The summed E-state index contributed by atoms with van der Waals surface area (Å²) in [6.45, 7) is -0.590. The quantitative estimate of drug-likeness (QED) is 0.777. The molecule has 0 radical (unpaired) electrons. The van der Waals surface area contributed by atoms with E-state index in [2.05, 4.69) is 0 Å². The monoisotopic (exact) mass is 307 g/mol. The van der Waals surface area contributed by atoms with E-state index in [-0.39, 0.29) is 30.2 Å². The van der Waals surface area contributed by atoms with Crippen LogP contribution in [0.4, 0.5) is 13.2 Å². The van der Waals surface area contributed by atoms with Crippen molar-refractivity contribution in [2.45, 2.75) is 6.18 Å². The van der Waals surface area contributed by atoms with E-state index < -0.39 is 18.1 Å². The molecule has 21 heavy (non-hydrogen) atoms. The fraction of sp³-hybridized carbons (Fsp3) is 0.333. The Balaban J connectivity index is 2.56. The molecule has 0 unspecified atom stereocenters. The first-order valence-electron chi connectivity index (χ1n) is 5.65. The summed E-state index contributed by atoms with van der Waals surface area (Å²) in [6.07, 6.45) is -4.94. The molecule has 0 aromatic heterocycles.